The molecule has 0 saturated carbocycles. The minimum atomic E-state index is -4.69. The van der Waals surface area contributed by atoms with E-state index in [0.717, 1.165) is 32.2 Å². The molecule has 0 atom stereocenters. The summed E-state index contributed by atoms with van der Waals surface area (Å²) in [5, 5.41) is 0. The van der Waals surface area contributed by atoms with E-state index in [9.17, 15) is 27.6 Å². The summed E-state index contributed by atoms with van der Waals surface area (Å²) in [7, 11) is 2.67. The molecule has 0 unspecified atom stereocenters. The quantitative estimate of drug-likeness (QED) is 0.499. The highest BCUT2D eigenvalue weighted by Gasteiger charge is 2.34. The van der Waals surface area contributed by atoms with Gasteiger partial charge in [-0.15, -0.1) is 0 Å². The Morgan fingerprint density at radius 1 is 1.15 bits per heavy atom. The van der Waals surface area contributed by atoms with E-state index < -0.39 is 41.3 Å². The fourth-order valence-electron chi connectivity index (χ4n) is 2.60. The fourth-order valence-corrected chi connectivity index (χ4v) is 2.60. The van der Waals surface area contributed by atoms with Crippen molar-refractivity contribution in [3.05, 3.63) is 57.0 Å². The van der Waals surface area contributed by atoms with Crippen molar-refractivity contribution in [2.24, 2.45) is 14.1 Å². The lowest BCUT2D eigenvalue weighted by Crippen LogP contribution is -2.37. The Balaban J connectivity index is 1.95. The van der Waals surface area contributed by atoms with Crippen LogP contribution in [-0.2, 0) is 31.6 Å². The molecule has 3 rings (SSSR count). The Hall–Kier alpha value is -3.37. The molecule has 0 aliphatic rings. The molecule has 11 heteroatoms. The van der Waals surface area contributed by atoms with Crippen LogP contribution in [0.4, 0.5) is 13.2 Å². The lowest BCUT2D eigenvalue weighted by Gasteiger charge is -2.12. The Labute approximate surface area is 149 Å². The lowest BCUT2D eigenvalue weighted by molar-refractivity contribution is -0.142. The van der Waals surface area contributed by atoms with Crippen LogP contribution in [0.2, 0.25) is 0 Å². The molecule has 2 aromatic heterocycles. The maximum absolute atomic E-state index is 13.0. The zero-order valence-corrected chi connectivity index (χ0v) is 14.1. The van der Waals surface area contributed by atoms with E-state index in [-0.39, 0.29) is 11.2 Å². The molecular formula is C16H13F3N4O4. The van der Waals surface area contributed by atoms with Gasteiger partial charge in [0.05, 0.1) is 11.9 Å². The van der Waals surface area contributed by atoms with Crippen molar-refractivity contribution in [1.82, 2.24) is 18.7 Å². The average Bonchev–Trinajstić information content (AvgIpc) is 3.01. The Kier molecular flexibility index (Phi) is 4.38. The molecule has 3 aromatic rings. The van der Waals surface area contributed by atoms with Gasteiger partial charge in [-0.25, -0.2) is 14.6 Å². The number of carbonyl (C=O) groups is 1. The van der Waals surface area contributed by atoms with Crippen molar-refractivity contribution in [1.29, 1.82) is 0 Å². The number of imidazole rings is 1. The summed E-state index contributed by atoms with van der Waals surface area (Å²) >= 11 is 0. The van der Waals surface area contributed by atoms with E-state index in [1.54, 1.807) is 0 Å². The average molecular weight is 382 g/mol. The Bertz CT molecular complexity index is 1160. The number of fused-ring (bicyclic) bond motifs is 1. The number of ether oxygens (including phenoxy) is 1. The summed E-state index contributed by atoms with van der Waals surface area (Å²) in [5.41, 5.74) is -2.37. The molecule has 0 radical (unpaired) electrons. The van der Waals surface area contributed by atoms with Crippen molar-refractivity contribution in [2.75, 3.05) is 0 Å². The van der Waals surface area contributed by atoms with Crippen LogP contribution in [0, 0.1) is 0 Å². The van der Waals surface area contributed by atoms with Crippen molar-refractivity contribution in [2.45, 2.75) is 12.7 Å². The topological polar surface area (TPSA) is 88.1 Å². The number of aromatic nitrogens is 4. The highest BCUT2D eigenvalue weighted by molar-refractivity contribution is 5.76. The second kappa shape index (κ2) is 6.41. The standard InChI is InChI=1S/C16H13F3N4O4/c1-21-13-12(14(25)22(2)15(21)26)23(8-20-13)7-11(24)27-10-6-4-3-5-9(10)16(17,18)19/h3-6,8H,7H2,1-2H3. The normalized spacial score (nSPS) is 11.7. The number of alkyl halides is 3. The van der Waals surface area contributed by atoms with Gasteiger partial charge in [0, 0.05) is 14.1 Å². The van der Waals surface area contributed by atoms with Crippen LogP contribution in [0.3, 0.4) is 0 Å². The van der Waals surface area contributed by atoms with E-state index >= 15 is 0 Å². The zero-order chi connectivity index (χ0) is 19.9. The Morgan fingerprint density at radius 3 is 2.48 bits per heavy atom. The van der Waals surface area contributed by atoms with Gasteiger partial charge in [0.1, 0.15) is 12.3 Å². The molecule has 0 bridgehead atoms. The minimum absolute atomic E-state index is 0.0411. The van der Waals surface area contributed by atoms with Crippen LogP contribution in [0.25, 0.3) is 11.2 Å². The Morgan fingerprint density at radius 2 is 1.81 bits per heavy atom. The largest absolute Gasteiger partial charge is 0.425 e. The summed E-state index contributed by atoms with van der Waals surface area (Å²) < 4.78 is 46.9. The van der Waals surface area contributed by atoms with Gasteiger partial charge in [0.25, 0.3) is 5.56 Å². The van der Waals surface area contributed by atoms with Crippen LogP contribution in [-0.4, -0.2) is 24.7 Å². The molecular weight excluding hydrogens is 369 g/mol. The van der Waals surface area contributed by atoms with Gasteiger partial charge in [-0.2, -0.15) is 13.2 Å². The number of rotatable bonds is 3. The van der Waals surface area contributed by atoms with Crippen molar-refractivity contribution in [3.8, 4) is 5.75 Å². The van der Waals surface area contributed by atoms with Gasteiger partial charge in [0.2, 0.25) is 0 Å². The SMILES string of the molecule is Cn1c(=O)c2c(ncn2CC(=O)Oc2ccccc2C(F)(F)F)n(C)c1=O. The van der Waals surface area contributed by atoms with Gasteiger partial charge >= 0.3 is 17.8 Å². The van der Waals surface area contributed by atoms with Crippen LogP contribution in [0.1, 0.15) is 5.56 Å². The summed E-state index contributed by atoms with van der Waals surface area (Å²) in [6.45, 7) is -0.559. The zero-order valence-electron chi connectivity index (χ0n) is 14.1. The molecule has 0 saturated heterocycles. The maximum Gasteiger partial charge on any atom is 0.419 e. The predicted molar refractivity (Wildman–Crippen MR) is 87.3 cm³/mol. The summed E-state index contributed by atoms with van der Waals surface area (Å²) in [5.74, 6) is -1.67. The number of aryl methyl sites for hydroxylation is 1. The number of hydrogen-bond acceptors (Lipinski definition) is 5. The second-order valence-corrected chi connectivity index (χ2v) is 5.72. The first-order valence-corrected chi connectivity index (χ1v) is 7.59. The molecule has 0 amide bonds. The van der Waals surface area contributed by atoms with E-state index in [4.69, 9.17) is 4.74 Å². The fraction of sp³-hybridized carbons (Fsp3) is 0.250. The highest BCUT2D eigenvalue weighted by Crippen LogP contribution is 2.35. The van der Waals surface area contributed by atoms with Gasteiger partial charge in [-0.05, 0) is 12.1 Å². The van der Waals surface area contributed by atoms with Gasteiger partial charge < -0.3 is 9.30 Å². The highest BCUT2D eigenvalue weighted by atomic mass is 19.4. The van der Waals surface area contributed by atoms with E-state index in [1.165, 1.54) is 26.2 Å². The number of carbonyl (C=O) groups excluding carboxylic acids is 1. The number of nitrogens with zero attached hydrogens (tertiary/aromatic N) is 4. The number of para-hydroxylation sites is 1. The van der Waals surface area contributed by atoms with Gasteiger partial charge in [0.15, 0.2) is 11.2 Å². The van der Waals surface area contributed by atoms with Crippen LogP contribution >= 0.6 is 0 Å². The molecule has 1 aromatic carbocycles. The monoisotopic (exact) mass is 382 g/mol. The van der Waals surface area contributed by atoms with E-state index in [0.29, 0.717) is 0 Å². The van der Waals surface area contributed by atoms with Crippen molar-refractivity contribution < 1.29 is 22.7 Å². The van der Waals surface area contributed by atoms with Crippen LogP contribution in [0.5, 0.6) is 5.75 Å². The first-order valence-electron chi connectivity index (χ1n) is 7.59. The van der Waals surface area contributed by atoms with Gasteiger partial charge in [-0.1, -0.05) is 12.1 Å². The minimum Gasteiger partial charge on any atom is -0.425 e. The molecule has 0 fully saturated rings. The smallest absolute Gasteiger partial charge is 0.419 e. The molecule has 0 aliphatic heterocycles. The molecule has 0 spiro atoms. The first-order chi connectivity index (χ1) is 12.6. The summed E-state index contributed by atoms with van der Waals surface area (Å²) in [6, 6.07) is 4.29. The maximum atomic E-state index is 13.0. The molecule has 8 nitrogen and oxygen atoms in total. The van der Waals surface area contributed by atoms with Crippen LogP contribution in [0.15, 0.2) is 40.2 Å². The van der Waals surface area contributed by atoms with E-state index in [2.05, 4.69) is 4.98 Å². The summed E-state index contributed by atoms with van der Waals surface area (Å²) in [6.07, 6.45) is -3.55. The predicted octanol–water partition coefficient (Wildman–Crippen LogP) is 1.06. The first kappa shape index (κ1) is 18.4. The van der Waals surface area contributed by atoms with Crippen LogP contribution < -0.4 is 16.0 Å². The molecule has 0 aliphatic carbocycles. The molecule has 0 N–H and O–H groups in total. The molecule has 27 heavy (non-hydrogen) atoms. The van der Waals surface area contributed by atoms with Crippen molar-refractivity contribution in [3.63, 3.8) is 0 Å². The molecule has 2 heterocycles. The lowest BCUT2D eigenvalue weighted by atomic mass is 10.2. The number of hydrogen-bond donors (Lipinski definition) is 0. The third-order valence-electron chi connectivity index (χ3n) is 3.93. The summed E-state index contributed by atoms with van der Waals surface area (Å²) in [4.78, 5) is 40.2. The second-order valence-electron chi connectivity index (χ2n) is 5.72. The third kappa shape index (κ3) is 3.23. The third-order valence-corrected chi connectivity index (χ3v) is 3.93. The van der Waals surface area contributed by atoms with Crippen molar-refractivity contribution >= 4 is 17.1 Å². The number of benzene rings is 1. The number of halogens is 3. The molecule has 142 valence electrons. The number of esters is 1. The van der Waals surface area contributed by atoms with Gasteiger partial charge in [-0.3, -0.25) is 13.9 Å². The van der Waals surface area contributed by atoms with E-state index in [1.807, 2.05) is 0 Å².